The largest absolute Gasteiger partial charge is 0.457 e. The van der Waals surface area contributed by atoms with Gasteiger partial charge in [-0.3, -0.25) is 14.6 Å². The van der Waals surface area contributed by atoms with Crippen LogP contribution < -0.4 is 20.7 Å². The highest BCUT2D eigenvalue weighted by Gasteiger charge is 2.23. The maximum atomic E-state index is 13.4. The third-order valence-corrected chi connectivity index (χ3v) is 6.10. The molecular formula is C26H21FN4O5S. The number of hydrogen-bond acceptors (Lipinski definition) is 7. The molecule has 37 heavy (non-hydrogen) atoms. The SMILES string of the molecule is CNC(=O)c1cc(Oc2ccc(NC(=O)C3=C(c4ccc(F)cc4)NC(S(C)(=O)=O)=C=C3)cc2)ccn1. The van der Waals surface area contributed by atoms with Gasteiger partial charge in [0.05, 0.1) is 11.3 Å². The fraction of sp³-hybridized carbons (Fsp3) is 0.0769. The Bertz CT molecular complexity index is 1570. The lowest BCUT2D eigenvalue weighted by Crippen LogP contribution is -2.25. The molecule has 3 aromatic rings. The summed E-state index contributed by atoms with van der Waals surface area (Å²) in [6, 6.07) is 14.9. The third kappa shape index (κ3) is 6.10. The molecule has 2 amide bonds. The molecule has 1 aliphatic heterocycles. The van der Waals surface area contributed by atoms with Gasteiger partial charge in [0.2, 0.25) is 0 Å². The zero-order valence-electron chi connectivity index (χ0n) is 19.7. The van der Waals surface area contributed by atoms with Gasteiger partial charge < -0.3 is 20.7 Å². The van der Waals surface area contributed by atoms with Crippen LogP contribution in [0.3, 0.4) is 0 Å². The fourth-order valence-electron chi connectivity index (χ4n) is 3.32. The highest BCUT2D eigenvalue weighted by molar-refractivity contribution is 7.94. The quantitative estimate of drug-likeness (QED) is 0.408. The number of benzene rings is 2. The van der Waals surface area contributed by atoms with Gasteiger partial charge in [-0.1, -0.05) is 5.73 Å². The summed E-state index contributed by atoms with van der Waals surface area (Å²) in [5, 5.41) is 7.75. The van der Waals surface area contributed by atoms with E-state index in [0.717, 1.165) is 6.26 Å². The first-order valence-electron chi connectivity index (χ1n) is 10.9. The summed E-state index contributed by atoms with van der Waals surface area (Å²) in [5.74, 6) is -0.489. The summed E-state index contributed by atoms with van der Waals surface area (Å²) in [6.45, 7) is 0. The Morgan fingerprint density at radius 3 is 2.35 bits per heavy atom. The maximum absolute atomic E-state index is 13.4. The van der Waals surface area contributed by atoms with Crippen LogP contribution >= 0.6 is 0 Å². The Morgan fingerprint density at radius 1 is 1.00 bits per heavy atom. The first kappa shape index (κ1) is 25.4. The van der Waals surface area contributed by atoms with Gasteiger partial charge in [0.1, 0.15) is 23.0 Å². The number of rotatable bonds is 7. The average Bonchev–Trinajstić information content (AvgIpc) is 2.89. The Morgan fingerprint density at radius 2 is 1.70 bits per heavy atom. The minimum atomic E-state index is -3.64. The normalized spacial score (nSPS) is 12.9. The van der Waals surface area contributed by atoms with Crippen LogP contribution in [0, 0.1) is 5.82 Å². The Balaban J connectivity index is 1.55. The van der Waals surface area contributed by atoms with Gasteiger partial charge in [-0.2, -0.15) is 0 Å². The van der Waals surface area contributed by atoms with E-state index in [4.69, 9.17) is 4.74 Å². The van der Waals surface area contributed by atoms with E-state index in [2.05, 4.69) is 26.7 Å². The van der Waals surface area contributed by atoms with E-state index < -0.39 is 21.6 Å². The van der Waals surface area contributed by atoms with Crippen LogP contribution in [0.15, 0.2) is 89.3 Å². The van der Waals surface area contributed by atoms with Gasteiger partial charge in [0.15, 0.2) is 14.9 Å². The number of carbonyl (C=O) groups excluding carboxylic acids is 2. The molecule has 0 spiro atoms. The number of amides is 2. The Hall–Kier alpha value is -4.73. The molecule has 0 atom stereocenters. The summed E-state index contributed by atoms with van der Waals surface area (Å²) in [6.07, 6.45) is 3.74. The molecule has 1 aliphatic rings. The van der Waals surface area contributed by atoms with Crippen molar-refractivity contribution in [2.24, 2.45) is 0 Å². The standard InChI is InChI=1S/C26H21FN4O5S/c1-28-26(33)22-15-20(13-14-29-22)36-19-9-7-18(8-10-19)30-25(32)21-11-12-23(37(2,34)35)31-24(21)16-3-5-17(27)6-4-16/h3-11,13-15,31H,1-2H3,(H,28,33)(H,30,32). The van der Waals surface area contributed by atoms with E-state index in [1.807, 2.05) is 0 Å². The molecule has 188 valence electrons. The van der Waals surface area contributed by atoms with E-state index in [0.29, 0.717) is 22.7 Å². The number of nitrogens with zero attached hydrogens (tertiary/aromatic N) is 1. The summed E-state index contributed by atoms with van der Waals surface area (Å²) in [4.78, 5) is 28.8. The molecular weight excluding hydrogens is 499 g/mol. The highest BCUT2D eigenvalue weighted by atomic mass is 32.2. The smallest absolute Gasteiger partial charge is 0.269 e. The average molecular weight is 521 g/mol. The van der Waals surface area contributed by atoms with Crippen LogP contribution in [0.4, 0.5) is 10.1 Å². The van der Waals surface area contributed by atoms with Crippen LogP contribution in [-0.4, -0.2) is 38.5 Å². The van der Waals surface area contributed by atoms with Crippen molar-refractivity contribution in [1.29, 1.82) is 0 Å². The molecule has 0 saturated carbocycles. The molecule has 0 aliphatic carbocycles. The molecule has 4 rings (SSSR count). The predicted octanol–water partition coefficient (Wildman–Crippen LogP) is 3.37. The van der Waals surface area contributed by atoms with Gasteiger partial charge >= 0.3 is 0 Å². The number of anilines is 1. The van der Waals surface area contributed by atoms with Crippen LogP contribution in [0.5, 0.6) is 11.5 Å². The zero-order chi connectivity index (χ0) is 26.6. The molecule has 3 N–H and O–H groups in total. The molecule has 0 unspecified atom stereocenters. The van der Waals surface area contributed by atoms with E-state index in [9.17, 15) is 22.4 Å². The topological polar surface area (TPSA) is 126 Å². The number of sulfone groups is 1. The van der Waals surface area contributed by atoms with E-state index in [1.54, 1.807) is 30.3 Å². The van der Waals surface area contributed by atoms with Crippen molar-refractivity contribution in [3.8, 4) is 11.5 Å². The number of hydrogen-bond donors (Lipinski definition) is 3. The summed E-state index contributed by atoms with van der Waals surface area (Å²) in [5.41, 5.74) is 3.96. The van der Waals surface area contributed by atoms with E-state index in [1.165, 1.54) is 49.7 Å². The maximum Gasteiger partial charge on any atom is 0.269 e. The molecule has 0 radical (unpaired) electrons. The van der Waals surface area contributed by atoms with Gasteiger partial charge in [-0.05, 0) is 66.2 Å². The number of halogens is 1. The van der Waals surface area contributed by atoms with Crippen molar-refractivity contribution < 1.29 is 27.1 Å². The summed E-state index contributed by atoms with van der Waals surface area (Å²) in [7, 11) is -2.14. The van der Waals surface area contributed by atoms with Crippen LogP contribution in [-0.2, 0) is 14.6 Å². The molecule has 2 aromatic carbocycles. The van der Waals surface area contributed by atoms with Crippen molar-refractivity contribution in [3.05, 3.63) is 106 Å². The highest BCUT2D eigenvalue weighted by Crippen LogP contribution is 2.26. The summed E-state index contributed by atoms with van der Waals surface area (Å²) < 4.78 is 43.2. The van der Waals surface area contributed by atoms with Gasteiger partial charge in [-0.15, -0.1) is 0 Å². The van der Waals surface area contributed by atoms with Crippen molar-refractivity contribution in [1.82, 2.24) is 15.6 Å². The molecule has 2 heterocycles. The Labute approximate surface area is 212 Å². The Kier molecular flexibility index (Phi) is 7.19. The minimum absolute atomic E-state index is 0.109. The van der Waals surface area contributed by atoms with Crippen LogP contribution in [0.1, 0.15) is 16.1 Å². The second-order valence-corrected chi connectivity index (χ2v) is 9.80. The van der Waals surface area contributed by atoms with Gasteiger partial charge in [-0.25, -0.2) is 12.8 Å². The molecule has 9 nitrogen and oxygen atoms in total. The molecule has 0 bridgehead atoms. The fourth-order valence-corrected chi connectivity index (χ4v) is 3.88. The zero-order valence-corrected chi connectivity index (χ0v) is 20.5. The second kappa shape index (κ2) is 10.5. The van der Waals surface area contributed by atoms with Crippen LogP contribution in [0.2, 0.25) is 0 Å². The lowest BCUT2D eigenvalue weighted by molar-refractivity contribution is -0.112. The summed E-state index contributed by atoms with van der Waals surface area (Å²) >= 11 is 0. The van der Waals surface area contributed by atoms with E-state index in [-0.39, 0.29) is 27.9 Å². The van der Waals surface area contributed by atoms with Gasteiger partial charge in [0.25, 0.3) is 11.8 Å². The monoisotopic (exact) mass is 520 g/mol. The predicted molar refractivity (Wildman–Crippen MR) is 136 cm³/mol. The van der Waals surface area contributed by atoms with E-state index >= 15 is 0 Å². The third-order valence-electron chi connectivity index (χ3n) is 5.14. The van der Waals surface area contributed by atoms with Crippen LogP contribution in [0.25, 0.3) is 5.70 Å². The number of pyridine rings is 1. The molecule has 11 heteroatoms. The lowest BCUT2D eigenvalue weighted by atomic mass is 10.0. The van der Waals surface area contributed by atoms with Crippen molar-refractivity contribution in [2.45, 2.75) is 0 Å². The number of nitrogens with one attached hydrogen (secondary N) is 3. The first-order valence-corrected chi connectivity index (χ1v) is 12.7. The van der Waals surface area contributed by atoms with Crippen molar-refractivity contribution >= 4 is 33.0 Å². The minimum Gasteiger partial charge on any atom is -0.457 e. The molecule has 0 saturated heterocycles. The van der Waals surface area contributed by atoms with Crippen molar-refractivity contribution in [3.63, 3.8) is 0 Å². The molecule has 1 aromatic heterocycles. The number of ether oxygens (including phenoxy) is 1. The number of carbonyl (C=O) groups is 2. The number of aromatic nitrogens is 1. The molecule has 0 fully saturated rings. The van der Waals surface area contributed by atoms with Crippen molar-refractivity contribution in [2.75, 3.05) is 18.6 Å². The first-order chi connectivity index (χ1) is 17.6. The van der Waals surface area contributed by atoms with Gasteiger partial charge in [0, 0.05) is 31.3 Å². The second-order valence-electron chi connectivity index (χ2n) is 7.85. The lowest BCUT2D eigenvalue weighted by Gasteiger charge is -2.18.